The number of likely N-dealkylation sites (N-methyl/N-ethyl adjacent to an activating group) is 1. The van der Waals surface area contributed by atoms with Crippen molar-refractivity contribution in [3.63, 3.8) is 0 Å². The number of likely N-dealkylation sites (tertiary alicyclic amines) is 1. The minimum atomic E-state index is 0.518. The van der Waals surface area contributed by atoms with Crippen molar-refractivity contribution in [3.05, 3.63) is 0 Å². The maximum absolute atomic E-state index is 5.49. The van der Waals surface area contributed by atoms with E-state index in [1.165, 1.54) is 32.5 Å². The van der Waals surface area contributed by atoms with E-state index < -0.39 is 0 Å². The summed E-state index contributed by atoms with van der Waals surface area (Å²) >= 11 is 0. The van der Waals surface area contributed by atoms with E-state index in [4.69, 9.17) is 4.74 Å². The molecule has 0 amide bonds. The SMILES string of the molecule is CNC(CN1CCC(C)(C)C1)C1CCOC1. The Morgan fingerprint density at radius 3 is 2.81 bits per heavy atom. The summed E-state index contributed by atoms with van der Waals surface area (Å²) in [4.78, 5) is 2.61. The van der Waals surface area contributed by atoms with Crippen molar-refractivity contribution in [1.29, 1.82) is 0 Å². The van der Waals surface area contributed by atoms with E-state index >= 15 is 0 Å². The molecule has 0 bridgehead atoms. The first-order valence-corrected chi connectivity index (χ1v) is 6.58. The molecule has 0 aromatic heterocycles. The lowest BCUT2D eigenvalue weighted by Gasteiger charge is -2.28. The summed E-state index contributed by atoms with van der Waals surface area (Å²) in [5, 5.41) is 3.48. The number of nitrogens with one attached hydrogen (secondary N) is 1. The molecule has 0 radical (unpaired) electrons. The molecule has 2 heterocycles. The fourth-order valence-corrected chi connectivity index (χ4v) is 3.00. The number of nitrogens with zero attached hydrogens (tertiary/aromatic N) is 1. The summed E-state index contributed by atoms with van der Waals surface area (Å²) in [5.74, 6) is 0.716. The van der Waals surface area contributed by atoms with Gasteiger partial charge in [-0.3, -0.25) is 0 Å². The normalized spacial score (nSPS) is 32.1. The molecule has 0 aromatic rings. The Bertz CT molecular complexity index is 224. The van der Waals surface area contributed by atoms with Crippen LogP contribution >= 0.6 is 0 Å². The highest BCUT2D eigenvalue weighted by molar-refractivity contribution is 4.87. The van der Waals surface area contributed by atoms with E-state index in [2.05, 4.69) is 31.1 Å². The largest absolute Gasteiger partial charge is 0.381 e. The van der Waals surface area contributed by atoms with Gasteiger partial charge in [-0.1, -0.05) is 13.8 Å². The molecule has 1 N–H and O–H groups in total. The van der Waals surface area contributed by atoms with Crippen molar-refractivity contribution in [2.45, 2.75) is 32.7 Å². The number of rotatable bonds is 4. The van der Waals surface area contributed by atoms with Gasteiger partial charge in [0.2, 0.25) is 0 Å². The fraction of sp³-hybridized carbons (Fsp3) is 1.00. The topological polar surface area (TPSA) is 24.5 Å². The van der Waals surface area contributed by atoms with Gasteiger partial charge in [-0.05, 0) is 31.8 Å². The maximum atomic E-state index is 5.49. The average molecular weight is 226 g/mol. The summed E-state index contributed by atoms with van der Waals surface area (Å²) in [6.07, 6.45) is 2.56. The highest BCUT2D eigenvalue weighted by atomic mass is 16.5. The summed E-state index contributed by atoms with van der Waals surface area (Å²) in [6.45, 7) is 10.3. The first kappa shape index (κ1) is 12.3. The van der Waals surface area contributed by atoms with Crippen LogP contribution < -0.4 is 5.32 Å². The molecule has 2 fully saturated rings. The average Bonchev–Trinajstić information content (AvgIpc) is 2.84. The van der Waals surface area contributed by atoms with E-state index in [9.17, 15) is 0 Å². The molecule has 2 rings (SSSR count). The summed E-state index contributed by atoms with van der Waals surface area (Å²) in [7, 11) is 2.09. The van der Waals surface area contributed by atoms with Crippen LogP contribution in [-0.2, 0) is 4.74 Å². The van der Waals surface area contributed by atoms with Crippen LogP contribution in [0.15, 0.2) is 0 Å². The summed E-state index contributed by atoms with van der Waals surface area (Å²) in [5.41, 5.74) is 0.518. The van der Waals surface area contributed by atoms with Crippen LogP contribution in [0.4, 0.5) is 0 Å². The standard InChI is InChI=1S/C13H26N2O/c1-13(2)5-6-15(10-13)8-12(14-3)11-4-7-16-9-11/h11-12,14H,4-10H2,1-3H3. The van der Waals surface area contributed by atoms with E-state index in [-0.39, 0.29) is 0 Å². The first-order valence-electron chi connectivity index (χ1n) is 6.58. The van der Waals surface area contributed by atoms with E-state index in [1.54, 1.807) is 0 Å². The van der Waals surface area contributed by atoms with Crippen LogP contribution in [0.3, 0.4) is 0 Å². The van der Waals surface area contributed by atoms with Crippen LogP contribution in [-0.4, -0.2) is 50.8 Å². The van der Waals surface area contributed by atoms with Gasteiger partial charge >= 0.3 is 0 Å². The predicted molar refractivity (Wildman–Crippen MR) is 66.6 cm³/mol. The number of hydrogen-bond acceptors (Lipinski definition) is 3. The Kier molecular flexibility index (Phi) is 3.88. The molecule has 2 aliphatic rings. The van der Waals surface area contributed by atoms with Gasteiger partial charge in [0.25, 0.3) is 0 Å². The fourth-order valence-electron chi connectivity index (χ4n) is 3.00. The van der Waals surface area contributed by atoms with Crippen LogP contribution in [0.5, 0.6) is 0 Å². The molecule has 0 spiro atoms. The van der Waals surface area contributed by atoms with E-state index in [1.807, 2.05) is 0 Å². The van der Waals surface area contributed by atoms with Crippen LogP contribution in [0.1, 0.15) is 26.7 Å². The minimum absolute atomic E-state index is 0.518. The van der Waals surface area contributed by atoms with Crippen LogP contribution in [0.2, 0.25) is 0 Å². The zero-order valence-electron chi connectivity index (χ0n) is 11.0. The minimum Gasteiger partial charge on any atom is -0.381 e. The van der Waals surface area contributed by atoms with Crippen molar-refractivity contribution in [2.24, 2.45) is 11.3 Å². The molecule has 0 aromatic carbocycles. The summed E-state index contributed by atoms with van der Waals surface area (Å²) in [6, 6.07) is 0.608. The van der Waals surface area contributed by atoms with Gasteiger partial charge in [-0.25, -0.2) is 0 Å². The second kappa shape index (κ2) is 5.03. The van der Waals surface area contributed by atoms with Crippen LogP contribution in [0, 0.1) is 11.3 Å². The van der Waals surface area contributed by atoms with E-state index in [0.717, 1.165) is 13.2 Å². The molecule has 0 saturated carbocycles. The molecule has 2 aliphatic heterocycles. The molecule has 94 valence electrons. The monoisotopic (exact) mass is 226 g/mol. The quantitative estimate of drug-likeness (QED) is 0.783. The van der Waals surface area contributed by atoms with Crippen LogP contribution in [0.25, 0.3) is 0 Å². The lowest BCUT2D eigenvalue weighted by Crippen LogP contribution is -2.44. The van der Waals surface area contributed by atoms with Gasteiger partial charge in [0.1, 0.15) is 0 Å². The lowest BCUT2D eigenvalue weighted by molar-refractivity contribution is 0.166. The second-order valence-corrected chi connectivity index (χ2v) is 6.17. The van der Waals surface area contributed by atoms with Gasteiger partial charge in [0, 0.05) is 31.7 Å². The smallest absolute Gasteiger partial charge is 0.0510 e. The third-order valence-electron chi connectivity index (χ3n) is 4.12. The van der Waals surface area contributed by atoms with Crippen molar-refractivity contribution in [1.82, 2.24) is 10.2 Å². The Morgan fingerprint density at radius 2 is 2.31 bits per heavy atom. The molecule has 0 aliphatic carbocycles. The zero-order chi connectivity index (χ0) is 11.6. The molecular weight excluding hydrogens is 200 g/mol. The van der Waals surface area contributed by atoms with Gasteiger partial charge in [0.15, 0.2) is 0 Å². The van der Waals surface area contributed by atoms with Crippen molar-refractivity contribution < 1.29 is 4.74 Å². The molecule has 3 heteroatoms. The Morgan fingerprint density at radius 1 is 1.50 bits per heavy atom. The first-order chi connectivity index (χ1) is 7.61. The van der Waals surface area contributed by atoms with Crippen molar-refractivity contribution in [2.75, 3.05) is 39.9 Å². The Balaban J connectivity index is 1.82. The second-order valence-electron chi connectivity index (χ2n) is 6.17. The third kappa shape index (κ3) is 2.96. The van der Waals surface area contributed by atoms with Crippen molar-refractivity contribution in [3.8, 4) is 0 Å². The molecule has 2 atom stereocenters. The molecule has 3 nitrogen and oxygen atoms in total. The van der Waals surface area contributed by atoms with Gasteiger partial charge in [0.05, 0.1) is 6.61 Å². The third-order valence-corrected chi connectivity index (χ3v) is 4.12. The zero-order valence-corrected chi connectivity index (χ0v) is 11.0. The molecule has 16 heavy (non-hydrogen) atoms. The number of ether oxygens (including phenoxy) is 1. The maximum Gasteiger partial charge on any atom is 0.0510 e. The highest BCUT2D eigenvalue weighted by Gasteiger charge is 2.32. The Labute approximate surface area is 99.5 Å². The van der Waals surface area contributed by atoms with Gasteiger partial charge < -0.3 is 15.0 Å². The highest BCUT2D eigenvalue weighted by Crippen LogP contribution is 2.29. The van der Waals surface area contributed by atoms with Gasteiger partial charge in [-0.15, -0.1) is 0 Å². The molecule has 2 unspecified atom stereocenters. The summed E-state index contributed by atoms with van der Waals surface area (Å²) < 4.78 is 5.49. The lowest BCUT2D eigenvalue weighted by atomic mass is 9.93. The molecule has 2 saturated heterocycles. The van der Waals surface area contributed by atoms with Crippen molar-refractivity contribution >= 4 is 0 Å². The van der Waals surface area contributed by atoms with Gasteiger partial charge in [-0.2, -0.15) is 0 Å². The predicted octanol–water partition coefficient (Wildman–Crippen LogP) is 1.34. The Hall–Kier alpha value is -0.120. The van der Waals surface area contributed by atoms with E-state index in [0.29, 0.717) is 17.4 Å². The number of hydrogen-bond donors (Lipinski definition) is 1. The molecular formula is C13H26N2O.